The summed E-state index contributed by atoms with van der Waals surface area (Å²) in [7, 11) is -3.61. The minimum absolute atomic E-state index is 0.0506. The van der Waals surface area contributed by atoms with Gasteiger partial charge in [-0.15, -0.1) is 14.6 Å². The number of rotatable bonds is 5. The molecule has 0 bridgehead atoms. The first-order valence-electron chi connectivity index (χ1n) is 9.61. The Bertz CT molecular complexity index is 1220. The summed E-state index contributed by atoms with van der Waals surface area (Å²) >= 11 is 6.19. The molecule has 0 atom stereocenters. The minimum atomic E-state index is -3.61. The van der Waals surface area contributed by atoms with Crippen LogP contribution in [-0.4, -0.2) is 58.5 Å². The van der Waals surface area contributed by atoms with Crippen LogP contribution in [0.1, 0.15) is 19.7 Å². The average molecular weight is 462 g/mol. The van der Waals surface area contributed by atoms with Gasteiger partial charge in [0, 0.05) is 18.8 Å². The molecule has 3 heterocycles. The SMILES string of the molecule is CC(C)N(Cc1nnc(-c2ccccc2Cl)o1)C(=O)C1=CC=CN2CCS(=O)(=O)N=C12. The van der Waals surface area contributed by atoms with Crippen molar-refractivity contribution in [3.05, 3.63) is 59.1 Å². The molecule has 0 radical (unpaired) electrons. The quantitative estimate of drug-likeness (QED) is 0.673. The summed E-state index contributed by atoms with van der Waals surface area (Å²) in [5.41, 5.74) is 0.799. The van der Waals surface area contributed by atoms with Gasteiger partial charge in [0.15, 0.2) is 5.84 Å². The lowest BCUT2D eigenvalue weighted by molar-refractivity contribution is -0.129. The molecule has 0 fully saturated rings. The molecule has 1 aromatic heterocycles. The van der Waals surface area contributed by atoms with Crippen LogP contribution in [-0.2, 0) is 21.4 Å². The predicted octanol–water partition coefficient (Wildman–Crippen LogP) is 2.62. The zero-order valence-electron chi connectivity index (χ0n) is 16.9. The van der Waals surface area contributed by atoms with Crippen LogP contribution in [0.4, 0.5) is 0 Å². The van der Waals surface area contributed by atoms with E-state index in [1.54, 1.807) is 41.5 Å². The van der Waals surface area contributed by atoms with Gasteiger partial charge in [-0.3, -0.25) is 4.79 Å². The van der Waals surface area contributed by atoms with Crippen molar-refractivity contribution in [2.75, 3.05) is 12.3 Å². The maximum atomic E-state index is 13.4. The molecule has 162 valence electrons. The van der Waals surface area contributed by atoms with E-state index >= 15 is 0 Å². The molecule has 0 N–H and O–H groups in total. The van der Waals surface area contributed by atoms with Gasteiger partial charge in [-0.25, -0.2) is 8.42 Å². The molecule has 31 heavy (non-hydrogen) atoms. The summed E-state index contributed by atoms with van der Waals surface area (Å²) in [6.07, 6.45) is 4.97. The van der Waals surface area contributed by atoms with Gasteiger partial charge in [0.25, 0.3) is 15.9 Å². The highest BCUT2D eigenvalue weighted by atomic mass is 35.5. The number of aromatic nitrogens is 2. The zero-order chi connectivity index (χ0) is 22.2. The third kappa shape index (κ3) is 4.40. The smallest absolute Gasteiger partial charge is 0.258 e. The molecular formula is C20H20ClN5O4S. The van der Waals surface area contributed by atoms with Crippen molar-refractivity contribution in [2.45, 2.75) is 26.4 Å². The molecule has 1 aromatic carbocycles. The summed E-state index contributed by atoms with van der Waals surface area (Å²) < 4.78 is 33.6. The van der Waals surface area contributed by atoms with E-state index in [9.17, 15) is 13.2 Å². The molecule has 0 spiro atoms. The number of benzene rings is 1. The molecule has 0 aliphatic carbocycles. The Balaban J connectivity index is 1.61. The van der Waals surface area contributed by atoms with Crippen LogP contribution in [0.2, 0.25) is 5.02 Å². The number of carbonyl (C=O) groups is 1. The van der Waals surface area contributed by atoms with Crippen LogP contribution in [0.15, 0.2) is 57.0 Å². The van der Waals surface area contributed by atoms with Gasteiger partial charge in [-0.2, -0.15) is 0 Å². The molecule has 0 saturated carbocycles. The number of halogens is 1. The molecule has 0 saturated heterocycles. The van der Waals surface area contributed by atoms with Crippen molar-refractivity contribution in [2.24, 2.45) is 4.40 Å². The standard InChI is InChI=1S/C20H20ClN5O4S/c1-13(2)26(12-17-22-23-19(30-17)14-6-3-4-8-16(14)21)20(27)15-7-5-9-25-10-11-31(28,29)24-18(15)25/h3-9,13H,10-12H2,1-2H3. The Morgan fingerprint density at radius 2 is 2.06 bits per heavy atom. The average Bonchev–Trinajstić information content (AvgIpc) is 3.19. The van der Waals surface area contributed by atoms with Crippen LogP contribution in [0.25, 0.3) is 11.5 Å². The van der Waals surface area contributed by atoms with E-state index in [1.807, 2.05) is 19.9 Å². The summed E-state index contributed by atoms with van der Waals surface area (Å²) in [4.78, 5) is 16.5. The lowest BCUT2D eigenvalue weighted by Crippen LogP contribution is -2.45. The topological polar surface area (TPSA) is 109 Å². The number of fused-ring (bicyclic) bond motifs is 1. The summed E-state index contributed by atoms with van der Waals surface area (Å²) in [6.45, 7) is 3.99. The maximum Gasteiger partial charge on any atom is 0.258 e. The van der Waals surface area contributed by atoms with E-state index in [0.29, 0.717) is 10.6 Å². The fourth-order valence-corrected chi connectivity index (χ4v) is 4.44. The highest BCUT2D eigenvalue weighted by molar-refractivity contribution is 7.90. The molecule has 9 nitrogen and oxygen atoms in total. The first-order valence-corrected chi connectivity index (χ1v) is 11.6. The van der Waals surface area contributed by atoms with Gasteiger partial charge in [0.05, 0.1) is 28.5 Å². The number of hydrogen-bond donors (Lipinski definition) is 0. The molecule has 2 aromatic rings. The fourth-order valence-electron chi connectivity index (χ4n) is 3.23. The number of sulfonamides is 1. The second-order valence-corrected chi connectivity index (χ2v) is 9.49. The van der Waals surface area contributed by atoms with Gasteiger partial charge < -0.3 is 14.2 Å². The molecule has 11 heteroatoms. The molecule has 2 aliphatic rings. The monoisotopic (exact) mass is 461 g/mol. The van der Waals surface area contributed by atoms with Gasteiger partial charge in [-0.1, -0.05) is 23.7 Å². The van der Waals surface area contributed by atoms with E-state index in [4.69, 9.17) is 16.0 Å². The number of carbonyl (C=O) groups excluding carboxylic acids is 1. The molecular weight excluding hydrogens is 442 g/mol. The second-order valence-electron chi connectivity index (χ2n) is 7.32. The van der Waals surface area contributed by atoms with Gasteiger partial charge in [0.1, 0.15) is 0 Å². The van der Waals surface area contributed by atoms with Crippen LogP contribution in [0.3, 0.4) is 0 Å². The first-order chi connectivity index (χ1) is 14.7. The van der Waals surface area contributed by atoms with Crippen molar-refractivity contribution < 1.29 is 17.6 Å². The van der Waals surface area contributed by atoms with Crippen molar-refractivity contribution >= 4 is 33.4 Å². The summed E-state index contributed by atoms with van der Waals surface area (Å²) in [6, 6.07) is 6.87. The van der Waals surface area contributed by atoms with Gasteiger partial charge in [-0.05, 0) is 38.1 Å². The second kappa shape index (κ2) is 8.27. The number of allylic oxidation sites excluding steroid dienone is 2. The van der Waals surface area contributed by atoms with Crippen LogP contribution in [0.5, 0.6) is 0 Å². The van der Waals surface area contributed by atoms with E-state index in [-0.39, 0.29) is 54.0 Å². The first kappa shape index (κ1) is 21.3. The summed E-state index contributed by atoms with van der Waals surface area (Å²) in [5.74, 6) is 0.150. The number of amides is 1. The van der Waals surface area contributed by atoms with Gasteiger partial charge >= 0.3 is 0 Å². The number of nitrogens with zero attached hydrogens (tertiary/aromatic N) is 5. The van der Waals surface area contributed by atoms with Crippen LogP contribution < -0.4 is 0 Å². The summed E-state index contributed by atoms with van der Waals surface area (Å²) in [5, 5.41) is 8.57. The van der Waals surface area contributed by atoms with E-state index in [1.165, 1.54) is 4.90 Å². The fraction of sp³-hybridized carbons (Fsp3) is 0.300. The van der Waals surface area contributed by atoms with Crippen molar-refractivity contribution in [3.63, 3.8) is 0 Å². The predicted molar refractivity (Wildman–Crippen MR) is 116 cm³/mol. The van der Waals surface area contributed by atoms with Gasteiger partial charge in [0.2, 0.25) is 11.8 Å². The third-order valence-corrected chi connectivity index (χ3v) is 6.33. The van der Waals surface area contributed by atoms with Crippen molar-refractivity contribution in [3.8, 4) is 11.5 Å². The Morgan fingerprint density at radius 1 is 1.29 bits per heavy atom. The Labute approximate surface area is 184 Å². The minimum Gasteiger partial charge on any atom is -0.419 e. The van der Waals surface area contributed by atoms with E-state index in [2.05, 4.69) is 14.6 Å². The zero-order valence-corrected chi connectivity index (χ0v) is 18.5. The third-order valence-electron chi connectivity index (χ3n) is 4.85. The molecule has 4 rings (SSSR count). The van der Waals surface area contributed by atoms with Crippen molar-refractivity contribution in [1.82, 2.24) is 20.0 Å². The Hall–Kier alpha value is -2.98. The Morgan fingerprint density at radius 3 is 2.81 bits per heavy atom. The lowest BCUT2D eigenvalue weighted by Gasteiger charge is -2.32. The Kier molecular flexibility index (Phi) is 5.67. The number of hydrogen-bond acceptors (Lipinski definition) is 7. The highest BCUT2D eigenvalue weighted by Crippen LogP contribution is 2.27. The molecule has 2 aliphatic heterocycles. The normalized spacial score (nSPS) is 17.2. The number of amidine groups is 1. The molecule has 1 amide bonds. The van der Waals surface area contributed by atoms with Crippen LogP contribution in [0, 0.1) is 0 Å². The largest absolute Gasteiger partial charge is 0.419 e. The van der Waals surface area contributed by atoms with Crippen molar-refractivity contribution in [1.29, 1.82) is 0 Å². The van der Waals surface area contributed by atoms with E-state index in [0.717, 1.165) is 0 Å². The maximum absolute atomic E-state index is 13.4. The lowest BCUT2D eigenvalue weighted by atomic mass is 10.1. The van der Waals surface area contributed by atoms with Crippen LogP contribution >= 0.6 is 11.6 Å². The van der Waals surface area contributed by atoms with E-state index < -0.39 is 10.0 Å². The highest BCUT2D eigenvalue weighted by Gasteiger charge is 2.33. The molecule has 0 unspecified atom stereocenters.